The largest absolute Gasteiger partial charge is 0.394 e. The second-order valence-electron chi connectivity index (χ2n) is 0.716. The van der Waals surface area contributed by atoms with Crippen LogP contribution in [0, 0.1) is 40.4 Å². The fraction of sp³-hybridized carbons (Fsp3) is 1.00. The Hall–Kier alpha value is 1.26. The number of rotatable bonds is 2. The van der Waals surface area contributed by atoms with Crippen molar-refractivity contribution in [3.05, 3.63) is 0 Å². The van der Waals surface area contributed by atoms with Gasteiger partial charge in [0.05, 0.1) is 13.2 Å². The molecular weight excluding hydrogens is 218 g/mol. The van der Waals surface area contributed by atoms with E-state index in [1.54, 1.807) is 7.11 Å². The molecule has 0 heterocycles. The monoisotopic (exact) mass is 228 g/mol. The summed E-state index contributed by atoms with van der Waals surface area (Å²) in [5.74, 6) is 0. The summed E-state index contributed by atoms with van der Waals surface area (Å²) in [4.78, 5) is 0. The molecule has 0 rings (SSSR count). The van der Waals surface area contributed by atoms with Crippen LogP contribution in [0.1, 0.15) is 0 Å². The van der Waals surface area contributed by atoms with Crippen LogP contribution < -0.4 is 0 Å². The second kappa shape index (κ2) is 9.54. The van der Waals surface area contributed by atoms with Crippen molar-refractivity contribution in [2.75, 3.05) is 20.3 Å². The Bertz CT molecular complexity index is 16.3. The first-order valence-corrected chi connectivity index (χ1v) is 1.51. The Morgan fingerprint density at radius 1 is 1.67 bits per heavy atom. The van der Waals surface area contributed by atoms with Gasteiger partial charge in [-0.05, 0) is 0 Å². The van der Waals surface area contributed by atoms with E-state index in [0.29, 0.717) is 6.61 Å². The van der Waals surface area contributed by atoms with E-state index in [1.807, 2.05) is 0 Å². The SMILES string of the molecule is COCCO.[Sm]. The van der Waals surface area contributed by atoms with Gasteiger partial charge >= 0.3 is 0 Å². The predicted octanol–water partition coefficient (Wildman–Crippen LogP) is -0.375. The predicted molar refractivity (Wildman–Crippen MR) is 19.0 cm³/mol. The smallest absolute Gasteiger partial charge is 0.0693 e. The van der Waals surface area contributed by atoms with Crippen LogP contribution in [0.2, 0.25) is 0 Å². The van der Waals surface area contributed by atoms with E-state index in [2.05, 4.69) is 4.74 Å². The van der Waals surface area contributed by atoms with Crippen molar-refractivity contribution in [2.24, 2.45) is 0 Å². The molecule has 2 nitrogen and oxygen atoms in total. The molecule has 0 unspecified atom stereocenters. The zero-order valence-corrected chi connectivity index (χ0v) is 6.30. The van der Waals surface area contributed by atoms with Gasteiger partial charge in [0.2, 0.25) is 0 Å². The quantitative estimate of drug-likeness (QED) is 0.696. The molecule has 0 saturated heterocycles. The van der Waals surface area contributed by atoms with Crippen LogP contribution in [0.3, 0.4) is 0 Å². The maximum absolute atomic E-state index is 7.94. The molecule has 1 N–H and O–H groups in total. The standard InChI is InChI=1S/C3H8O2.Sm/c1-5-3-2-4;/h4H,2-3H2,1H3;. The first-order chi connectivity index (χ1) is 2.41. The minimum Gasteiger partial charge on any atom is -0.394 e. The molecule has 38 valence electrons. The zero-order chi connectivity index (χ0) is 4.12. The van der Waals surface area contributed by atoms with Gasteiger partial charge in [-0.25, -0.2) is 0 Å². The average molecular weight is 226 g/mol. The summed E-state index contributed by atoms with van der Waals surface area (Å²) in [5.41, 5.74) is 0. The minimum atomic E-state index is 0. The first kappa shape index (κ1) is 10.3. The van der Waals surface area contributed by atoms with Gasteiger partial charge in [-0.1, -0.05) is 0 Å². The molecule has 0 aromatic rings. The van der Waals surface area contributed by atoms with Gasteiger partial charge in [-0.2, -0.15) is 0 Å². The molecule has 0 saturated carbocycles. The Morgan fingerprint density at radius 3 is 2.17 bits per heavy atom. The van der Waals surface area contributed by atoms with E-state index in [4.69, 9.17) is 5.11 Å². The number of hydrogen-bond donors (Lipinski definition) is 1. The van der Waals surface area contributed by atoms with Crippen molar-refractivity contribution in [3.63, 3.8) is 0 Å². The molecule has 0 aliphatic carbocycles. The fourth-order valence-electron chi connectivity index (χ4n) is 0.0913. The van der Waals surface area contributed by atoms with E-state index < -0.39 is 0 Å². The fourth-order valence-corrected chi connectivity index (χ4v) is 0.0913. The topological polar surface area (TPSA) is 29.5 Å². The molecule has 0 amide bonds. The average Bonchev–Trinajstić information content (AvgIpc) is 1.41. The Balaban J connectivity index is 0. The van der Waals surface area contributed by atoms with E-state index in [9.17, 15) is 0 Å². The summed E-state index contributed by atoms with van der Waals surface area (Å²) in [5, 5.41) is 7.94. The molecule has 0 aliphatic rings. The van der Waals surface area contributed by atoms with Crippen molar-refractivity contribution < 1.29 is 50.2 Å². The minimum absolute atomic E-state index is 0. The molecule has 0 atom stereocenters. The second-order valence-corrected chi connectivity index (χ2v) is 0.716. The summed E-state index contributed by atoms with van der Waals surface area (Å²) in [6.45, 7) is 0.566. The van der Waals surface area contributed by atoms with E-state index in [-0.39, 0.29) is 47.0 Å². The van der Waals surface area contributed by atoms with Crippen molar-refractivity contribution in [1.29, 1.82) is 0 Å². The third kappa shape index (κ3) is 8.98. The van der Waals surface area contributed by atoms with Gasteiger partial charge in [0.25, 0.3) is 0 Å². The molecule has 0 bridgehead atoms. The Kier molecular flexibility index (Phi) is 16.4. The number of aliphatic hydroxyl groups excluding tert-OH is 1. The summed E-state index contributed by atoms with van der Waals surface area (Å²) in [6.07, 6.45) is 0. The van der Waals surface area contributed by atoms with E-state index in [1.165, 1.54) is 0 Å². The maximum Gasteiger partial charge on any atom is 0.0693 e. The van der Waals surface area contributed by atoms with Gasteiger partial charge < -0.3 is 9.84 Å². The molecule has 6 heavy (non-hydrogen) atoms. The van der Waals surface area contributed by atoms with Crippen LogP contribution in [-0.2, 0) is 4.74 Å². The third-order valence-electron chi connectivity index (χ3n) is 0.295. The molecule has 0 aliphatic heterocycles. The van der Waals surface area contributed by atoms with Crippen LogP contribution in [-0.4, -0.2) is 25.4 Å². The van der Waals surface area contributed by atoms with Gasteiger partial charge in [0.1, 0.15) is 0 Å². The Labute approximate surface area is 70.0 Å². The molecule has 3 heteroatoms. The molecule has 0 aromatic heterocycles. The molecule has 0 aromatic carbocycles. The van der Waals surface area contributed by atoms with Crippen molar-refractivity contribution >= 4 is 0 Å². The van der Waals surface area contributed by atoms with Crippen LogP contribution in [0.5, 0.6) is 0 Å². The molecular formula is C3H8O2Sm. The normalized spacial score (nSPS) is 7.00. The molecule has 0 radical (unpaired) electrons. The van der Waals surface area contributed by atoms with Crippen molar-refractivity contribution in [1.82, 2.24) is 0 Å². The van der Waals surface area contributed by atoms with Crippen LogP contribution in [0.4, 0.5) is 0 Å². The maximum atomic E-state index is 7.94. The summed E-state index contributed by atoms with van der Waals surface area (Å²) in [6, 6.07) is 0. The first-order valence-electron chi connectivity index (χ1n) is 1.51. The Morgan fingerprint density at radius 2 is 2.17 bits per heavy atom. The van der Waals surface area contributed by atoms with Crippen LogP contribution in [0.15, 0.2) is 0 Å². The van der Waals surface area contributed by atoms with Crippen molar-refractivity contribution in [3.8, 4) is 0 Å². The van der Waals surface area contributed by atoms with Gasteiger partial charge in [-0.15, -0.1) is 0 Å². The third-order valence-corrected chi connectivity index (χ3v) is 0.295. The van der Waals surface area contributed by atoms with E-state index in [0.717, 1.165) is 0 Å². The summed E-state index contributed by atoms with van der Waals surface area (Å²) in [7, 11) is 1.55. The van der Waals surface area contributed by atoms with E-state index >= 15 is 0 Å². The van der Waals surface area contributed by atoms with Crippen LogP contribution >= 0.6 is 0 Å². The molecule has 0 spiro atoms. The number of aliphatic hydroxyl groups is 1. The summed E-state index contributed by atoms with van der Waals surface area (Å²) < 4.78 is 4.44. The van der Waals surface area contributed by atoms with Gasteiger partial charge in [0, 0.05) is 47.5 Å². The van der Waals surface area contributed by atoms with Gasteiger partial charge in [0.15, 0.2) is 0 Å². The van der Waals surface area contributed by atoms with Gasteiger partial charge in [-0.3, -0.25) is 0 Å². The van der Waals surface area contributed by atoms with Crippen LogP contribution in [0.25, 0.3) is 0 Å². The number of ether oxygens (including phenoxy) is 1. The van der Waals surface area contributed by atoms with Crippen molar-refractivity contribution in [2.45, 2.75) is 0 Å². The number of methoxy groups -OCH3 is 1. The number of hydrogen-bond acceptors (Lipinski definition) is 2. The zero-order valence-electron chi connectivity index (χ0n) is 3.68. The summed E-state index contributed by atoms with van der Waals surface area (Å²) >= 11 is 0. The molecule has 0 fully saturated rings.